The number of carbonyl (C=O) groups is 1. The molecule has 2 aliphatic carbocycles. The molecule has 4 rings (SSSR count). The van der Waals surface area contributed by atoms with E-state index in [0.29, 0.717) is 18.4 Å². The van der Waals surface area contributed by atoms with E-state index in [0.717, 1.165) is 54.5 Å². The minimum Gasteiger partial charge on any atom is -0.474 e. The Morgan fingerprint density at radius 2 is 2.09 bits per heavy atom. The maximum Gasteiger partial charge on any atom is 0.225 e. The molecule has 1 saturated carbocycles. The molecule has 4 nitrogen and oxygen atoms in total. The lowest BCUT2D eigenvalue weighted by Crippen LogP contribution is -2.20. The highest BCUT2D eigenvalue weighted by Gasteiger charge is 2.26. The van der Waals surface area contributed by atoms with Crippen LogP contribution in [0.1, 0.15) is 55.4 Å². The molecule has 1 unspecified atom stereocenters. The Hall–Kier alpha value is -1.49. The zero-order chi connectivity index (χ0) is 15.6. The molecule has 0 spiro atoms. The first kappa shape index (κ1) is 15.1. The van der Waals surface area contributed by atoms with E-state index in [4.69, 9.17) is 4.74 Å². The van der Waals surface area contributed by atoms with Crippen LogP contribution in [-0.2, 0) is 17.6 Å². The summed E-state index contributed by atoms with van der Waals surface area (Å²) in [6, 6.07) is 0. The van der Waals surface area contributed by atoms with Crippen LogP contribution in [0.15, 0.2) is 6.33 Å². The Morgan fingerprint density at radius 3 is 2.91 bits per heavy atom. The van der Waals surface area contributed by atoms with Crippen molar-refractivity contribution in [1.82, 2.24) is 9.97 Å². The van der Waals surface area contributed by atoms with Crippen LogP contribution >= 0.6 is 11.3 Å². The highest BCUT2D eigenvalue weighted by atomic mass is 32.1. The molecule has 0 saturated heterocycles. The summed E-state index contributed by atoms with van der Waals surface area (Å²) in [5, 5.41) is 1.12. The van der Waals surface area contributed by atoms with Crippen molar-refractivity contribution in [1.29, 1.82) is 0 Å². The highest BCUT2D eigenvalue weighted by Crippen LogP contribution is 2.41. The molecule has 0 amide bonds. The summed E-state index contributed by atoms with van der Waals surface area (Å²) in [6.45, 7) is 0. The van der Waals surface area contributed by atoms with Crippen LogP contribution in [0.5, 0.6) is 5.88 Å². The van der Waals surface area contributed by atoms with Crippen molar-refractivity contribution >= 4 is 27.8 Å². The van der Waals surface area contributed by atoms with Gasteiger partial charge < -0.3 is 9.53 Å². The van der Waals surface area contributed by atoms with E-state index in [-0.39, 0.29) is 0 Å². The fourth-order valence-corrected chi connectivity index (χ4v) is 5.09. The normalized spacial score (nSPS) is 22.0. The number of nitrogens with zero attached hydrogens (tertiary/aromatic N) is 2. The number of aromatic nitrogens is 2. The van der Waals surface area contributed by atoms with Gasteiger partial charge in [0.15, 0.2) is 0 Å². The van der Waals surface area contributed by atoms with Crippen molar-refractivity contribution in [2.24, 2.45) is 5.92 Å². The summed E-state index contributed by atoms with van der Waals surface area (Å²) in [5.41, 5.74) is 1.34. The SMILES string of the molecule is O=CCC1CCc2sc3ncnc(OC4CCCCC4)c3c2C1. The minimum absolute atomic E-state index is 0.298. The molecular weight excluding hydrogens is 308 g/mol. The van der Waals surface area contributed by atoms with E-state index in [1.807, 2.05) is 0 Å². The van der Waals surface area contributed by atoms with Gasteiger partial charge in [0.05, 0.1) is 5.39 Å². The lowest BCUT2D eigenvalue weighted by molar-refractivity contribution is -0.108. The van der Waals surface area contributed by atoms with Crippen LogP contribution in [0.25, 0.3) is 10.2 Å². The average Bonchev–Trinajstić information content (AvgIpc) is 2.95. The lowest BCUT2D eigenvalue weighted by atomic mass is 9.85. The molecule has 2 heterocycles. The second-order valence-corrected chi connectivity index (χ2v) is 7.84. The quantitative estimate of drug-likeness (QED) is 0.792. The number of thiophene rings is 1. The van der Waals surface area contributed by atoms with E-state index in [1.54, 1.807) is 17.7 Å². The molecule has 23 heavy (non-hydrogen) atoms. The first-order valence-electron chi connectivity index (χ1n) is 8.70. The largest absolute Gasteiger partial charge is 0.474 e. The number of rotatable bonds is 4. The van der Waals surface area contributed by atoms with Gasteiger partial charge in [-0.15, -0.1) is 11.3 Å². The van der Waals surface area contributed by atoms with E-state index in [1.165, 1.54) is 29.7 Å². The Morgan fingerprint density at radius 1 is 1.22 bits per heavy atom. The van der Waals surface area contributed by atoms with Gasteiger partial charge in [0.1, 0.15) is 23.5 Å². The molecule has 1 atom stereocenters. The third-order valence-electron chi connectivity index (χ3n) is 5.17. The zero-order valence-electron chi connectivity index (χ0n) is 13.3. The Bertz CT molecular complexity index is 706. The van der Waals surface area contributed by atoms with Crippen molar-refractivity contribution in [3.63, 3.8) is 0 Å². The fourth-order valence-electron chi connectivity index (χ4n) is 3.92. The predicted octanol–water partition coefficient (Wildman–Crippen LogP) is 4.10. The number of ether oxygens (including phenoxy) is 1. The predicted molar refractivity (Wildman–Crippen MR) is 91.1 cm³/mol. The van der Waals surface area contributed by atoms with Gasteiger partial charge in [-0.2, -0.15) is 0 Å². The number of carbonyl (C=O) groups excluding carboxylic acids is 1. The molecule has 0 bridgehead atoms. The fraction of sp³-hybridized carbons (Fsp3) is 0.611. The molecule has 0 aliphatic heterocycles. The van der Waals surface area contributed by atoms with Gasteiger partial charge in [-0.3, -0.25) is 0 Å². The summed E-state index contributed by atoms with van der Waals surface area (Å²) in [4.78, 5) is 22.3. The Balaban J connectivity index is 1.68. The summed E-state index contributed by atoms with van der Waals surface area (Å²) in [7, 11) is 0. The summed E-state index contributed by atoms with van der Waals surface area (Å²) in [5.74, 6) is 1.23. The first-order valence-corrected chi connectivity index (χ1v) is 9.52. The molecule has 2 aromatic heterocycles. The van der Waals surface area contributed by atoms with Gasteiger partial charge in [0, 0.05) is 11.3 Å². The maximum atomic E-state index is 10.9. The first-order chi connectivity index (χ1) is 11.3. The summed E-state index contributed by atoms with van der Waals surface area (Å²) >= 11 is 1.78. The van der Waals surface area contributed by atoms with Crippen LogP contribution in [-0.4, -0.2) is 22.4 Å². The van der Waals surface area contributed by atoms with Gasteiger partial charge in [-0.1, -0.05) is 6.42 Å². The van der Waals surface area contributed by atoms with Gasteiger partial charge in [0.25, 0.3) is 0 Å². The van der Waals surface area contributed by atoms with Crippen molar-refractivity contribution < 1.29 is 9.53 Å². The summed E-state index contributed by atoms with van der Waals surface area (Å²) in [6.07, 6.45) is 12.8. The minimum atomic E-state index is 0.298. The molecule has 122 valence electrons. The van der Waals surface area contributed by atoms with Crippen LogP contribution in [0.3, 0.4) is 0 Å². The smallest absolute Gasteiger partial charge is 0.225 e. The molecule has 0 aromatic carbocycles. The molecule has 0 N–H and O–H groups in total. The maximum absolute atomic E-state index is 10.9. The van der Waals surface area contributed by atoms with Gasteiger partial charge >= 0.3 is 0 Å². The van der Waals surface area contributed by atoms with Gasteiger partial charge in [0.2, 0.25) is 5.88 Å². The second kappa shape index (κ2) is 6.56. The number of fused-ring (bicyclic) bond motifs is 3. The molecule has 0 radical (unpaired) electrons. The third-order valence-corrected chi connectivity index (χ3v) is 6.37. The Labute approximate surface area is 140 Å². The number of hydrogen-bond acceptors (Lipinski definition) is 5. The van der Waals surface area contributed by atoms with Crippen molar-refractivity contribution in [2.75, 3.05) is 0 Å². The molecule has 2 aliphatic rings. The van der Waals surface area contributed by atoms with E-state index >= 15 is 0 Å². The third kappa shape index (κ3) is 2.99. The topological polar surface area (TPSA) is 52.1 Å². The number of hydrogen-bond donors (Lipinski definition) is 0. The Kier molecular flexibility index (Phi) is 4.29. The highest BCUT2D eigenvalue weighted by molar-refractivity contribution is 7.18. The van der Waals surface area contributed by atoms with Crippen molar-refractivity contribution in [2.45, 2.75) is 63.9 Å². The lowest BCUT2D eigenvalue weighted by Gasteiger charge is -2.24. The number of aryl methyl sites for hydroxylation is 1. The molecule has 1 fully saturated rings. The van der Waals surface area contributed by atoms with Crippen LogP contribution in [0.2, 0.25) is 0 Å². The molecule has 5 heteroatoms. The molecule has 2 aromatic rings. The average molecular weight is 330 g/mol. The van der Waals surface area contributed by atoms with Gasteiger partial charge in [-0.05, 0) is 56.4 Å². The van der Waals surface area contributed by atoms with Crippen molar-refractivity contribution in [3.05, 3.63) is 16.8 Å². The van der Waals surface area contributed by atoms with E-state index in [2.05, 4.69) is 9.97 Å². The van der Waals surface area contributed by atoms with Crippen LogP contribution in [0, 0.1) is 5.92 Å². The number of aldehydes is 1. The van der Waals surface area contributed by atoms with Crippen LogP contribution in [0.4, 0.5) is 0 Å². The van der Waals surface area contributed by atoms with Gasteiger partial charge in [-0.25, -0.2) is 9.97 Å². The molecular formula is C18H22N2O2S. The second-order valence-electron chi connectivity index (χ2n) is 6.75. The zero-order valence-corrected chi connectivity index (χ0v) is 14.1. The summed E-state index contributed by atoms with van der Waals surface area (Å²) < 4.78 is 6.27. The standard InChI is InChI=1S/C18H22N2O2S/c21-9-8-12-6-7-15-14(10-12)16-17(19-11-20-18(16)23-15)22-13-4-2-1-3-5-13/h9,11-13H,1-8,10H2. The van der Waals surface area contributed by atoms with E-state index in [9.17, 15) is 4.79 Å². The monoisotopic (exact) mass is 330 g/mol. The van der Waals surface area contributed by atoms with Crippen LogP contribution < -0.4 is 4.74 Å². The van der Waals surface area contributed by atoms with E-state index < -0.39 is 0 Å². The van der Waals surface area contributed by atoms with Crippen molar-refractivity contribution in [3.8, 4) is 5.88 Å².